The van der Waals surface area contributed by atoms with Gasteiger partial charge in [0.05, 0.1) is 17.2 Å². The van der Waals surface area contributed by atoms with Crippen LogP contribution in [0, 0.1) is 20.8 Å². The van der Waals surface area contributed by atoms with E-state index in [2.05, 4.69) is 4.72 Å². The highest BCUT2D eigenvalue weighted by molar-refractivity contribution is 7.92. The predicted octanol–water partition coefficient (Wildman–Crippen LogP) is 2.90. The predicted molar refractivity (Wildman–Crippen MR) is 83.8 cm³/mol. The van der Waals surface area contributed by atoms with Crippen LogP contribution in [0.2, 0.25) is 0 Å². The van der Waals surface area contributed by atoms with Gasteiger partial charge in [0.15, 0.2) is 0 Å². The molecule has 0 saturated carbocycles. The second-order valence-electron chi connectivity index (χ2n) is 5.18. The molecule has 0 spiro atoms. The summed E-state index contributed by atoms with van der Waals surface area (Å²) in [7, 11) is -3.68. The molecule has 0 atom stereocenters. The lowest BCUT2D eigenvalue weighted by Gasteiger charge is -2.13. The van der Waals surface area contributed by atoms with E-state index in [1.165, 1.54) is 6.07 Å². The molecule has 4 nitrogen and oxygen atoms in total. The maximum Gasteiger partial charge on any atom is 0.262 e. The zero-order valence-corrected chi connectivity index (χ0v) is 13.2. The van der Waals surface area contributed by atoms with Crippen LogP contribution in [0.1, 0.15) is 22.3 Å². The SMILES string of the molecule is Cc1ccc(C)c(NS(=O)(=O)c2cc(CO)ccc2C)c1. The van der Waals surface area contributed by atoms with Gasteiger partial charge >= 0.3 is 0 Å². The number of aliphatic hydroxyl groups is 1. The standard InChI is InChI=1S/C16H19NO3S/c1-11-4-5-12(2)15(8-11)17-21(19,20)16-9-14(10-18)7-6-13(16)3/h4-9,17-18H,10H2,1-3H3. The van der Waals surface area contributed by atoms with Crippen molar-refractivity contribution in [1.82, 2.24) is 0 Å². The van der Waals surface area contributed by atoms with E-state index >= 15 is 0 Å². The van der Waals surface area contributed by atoms with Crippen LogP contribution in [0.25, 0.3) is 0 Å². The zero-order chi connectivity index (χ0) is 15.6. The third-order valence-electron chi connectivity index (χ3n) is 3.36. The molecule has 2 N–H and O–H groups in total. The van der Waals surface area contributed by atoms with E-state index in [0.717, 1.165) is 11.1 Å². The molecule has 5 heteroatoms. The maximum atomic E-state index is 12.6. The molecular formula is C16H19NO3S. The van der Waals surface area contributed by atoms with Gasteiger partial charge in [-0.25, -0.2) is 8.42 Å². The van der Waals surface area contributed by atoms with Crippen molar-refractivity contribution in [3.63, 3.8) is 0 Å². The van der Waals surface area contributed by atoms with E-state index in [9.17, 15) is 13.5 Å². The summed E-state index contributed by atoms with van der Waals surface area (Å²) in [6.45, 7) is 5.31. The van der Waals surface area contributed by atoms with Crippen molar-refractivity contribution >= 4 is 15.7 Å². The number of rotatable bonds is 4. The normalized spacial score (nSPS) is 11.4. The van der Waals surface area contributed by atoms with Crippen molar-refractivity contribution in [2.45, 2.75) is 32.3 Å². The summed E-state index contributed by atoms with van der Waals surface area (Å²) in [6, 6.07) is 10.5. The average molecular weight is 305 g/mol. The van der Waals surface area contributed by atoms with Crippen LogP contribution in [-0.4, -0.2) is 13.5 Å². The Morgan fingerprint density at radius 2 is 1.67 bits per heavy atom. The van der Waals surface area contributed by atoms with Crippen LogP contribution >= 0.6 is 0 Å². The van der Waals surface area contributed by atoms with E-state index in [4.69, 9.17) is 0 Å². The van der Waals surface area contributed by atoms with Crippen molar-refractivity contribution in [3.8, 4) is 0 Å². The van der Waals surface area contributed by atoms with Crippen LogP contribution < -0.4 is 4.72 Å². The summed E-state index contributed by atoms with van der Waals surface area (Å²) in [4.78, 5) is 0.190. The van der Waals surface area contributed by atoms with Gasteiger partial charge < -0.3 is 5.11 Å². The van der Waals surface area contributed by atoms with E-state index in [-0.39, 0.29) is 11.5 Å². The Morgan fingerprint density at radius 3 is 2.33 bits per heavy atom. The summed E-state index contributed by atoms with van der Waals surface area (Å²) in [5.41, 5.74) is 3.63. The molecule has 2 aromatic rings. The first-order valence-electron chi connectivity index (χ1n) is 6.64. The Hall–Kier alpha value is -1.85. The zero-order valence-electron chi connectivity index (χ0n) is 12.3. The second kappa shape index (κ2) is 5.87. The van der Waals surface area contributed by atoms with Gasteiger partial charge in [0.25, 0.3) is 10.0 Å². The minimum Gasteiger partial charge on any atom is -0.392 e. The van der Waals surface area contributed by atoms with E-state index in [1.807, 2.05) is 26.0 Å². The third-order valence-corrected chi connectivity index (χ3v) is 4.87. The number of aliphatic hydroxyl groups excluding tert-OH is 1. The maximum absolute atomic E-state index is 12.6. The molecule has 0 aliphatic heterocycles. The van der Waals surface area contributed by atoms with E-state index < -0.39 is 10.0 Å². The van der Waals surface area contributed by atoms with E-state index in [1.54, 1.807) is 25.1 Å². The first-order chi connectivity index (χ1) is 9.83. The van der Waals surface area contributed by atoms with Gasteiger partial charge in [0.2, 0.25) is 0 Å². The fourth-order valence-electron chi connectivity index (χ4n) is 2.08. The summed E-state index contributed by atoms with van der Waals surface area (Å²) in [5.74, 6) is 0. The van der Waals surface area contributed by atoms with Crippen molar-refractivity contribution < 1.29 is 13.5 Å². The molecule has 0 unspecified atom stereocenters. The molecular weight excluding hydrogens is 286 g/mol. The van der Waals surface area contributed by atoms with Crippen LogP contribution in [0.3, 0.4) is 0 Å². The molecule has 0 heterocycles. The van der Waals surface area contributed by atoms with Gasteiger partial charge in [-0.1, -0.05) is 24.3 Å². The van der Waals surface area contributed by atoms with Gasteiger partial charge in [-0.2, -0.15) is 0 Å². The second-order valence-corrected chi connectivity index (χ2v) is 6.83. The monoisotopic (exact) mass is 305 g/mol. The van der Waals surface area contributed by atoms with Gasteiger partial charge in [0.1, 0.15) is 0 Å². The highest BCUT2D eigenvalue weighted by Crippen LogP contribution is 2.23. The first-order valence-corrected chi connectivity index (χ1v) is 8.12. The van der Waals surface area contributed by atoms with Gasteiger partial charge in [-0.05, 0) is 55.2 Å². The Balaban J connectivity index is 2.45. The number of sulfonamides is 1. The molecule has 2 rings (SSSR count). The first kappa shape index (κ1) is 15.5. The van der Waals surface area contributed by atoms with Crippen molar-refractivity contribution in [2.75, 3.05) is 4.72 Å². The van der Waals surface area contributed by atoms with Crippen molar-refractivity contribution in [1.29, 1.82) is 0 Å². The van der Waals surface area contributed by atoms with Gasteiger partial charge in [-0.15, -0.1) is 0 Å². The number of nitrogens with one attached hydrogen (secondary N) is 1. The highest BCUT2D eigenvalue weighted by Gasteiger charge is 2.18. The van der Waals surface area contributed by atoms with Crippen molar-refractivity contribution in [2.24, 2.45) is 0 Å². The Morgan fingerprint density at radius 1 is 1.00 bits per heavy atom. The molecule has 0 radical (unpaired) electrons. The topological polar surface area (TPSA) is 66.4 Å². The lowest BCUT2D eigenvalue weighted by atomic mass is 10.1. The lowest BCUT2D eigenvalue weighted by Crippen LogP contribution is -2.15. The number of benzene rings is 2. The minimum absolute atomic E-state index is 0.188. The van der Waals surface area contributed by atoms with Crippen LogP contribution in [0.15, 0.2) is 41.3 Å². The fourth-order valence-corrected chi connectivity index (χ4v) is 3.50. The average Bonchev–Trinajstić information content (AvgIpc) is 2.43. The summed E-state index contributed by atoms with van der Waals surface area (Å²) in [5, 5.41) is 9.17. The largest absolute Gasteiger partial charge is 0.392 e. The van der Waals surface area contributed by atoms with Crippen LogP contribution in [0.4, 0.5) is 5.69 Å². The lowest BCUT2D eigenvalue weighted by molar-refractivity contribution is 0.281. The quantitative estimate of drug-likeness (QED) is 0.912. The van der Waals surface area contributed by atoms with Crippen molar-refractivity contribution in [3.05, 3.63) is 58.7 Å². The van der Waals surface area contributed by atoms with Gasteiger partial charge in [-0.3, -0.25) is 4.72 Å². The Labute approximate surface area is 125 Å². The summed E-state index contributed by atoms with van der Waals surface area (Å²) in [6.07, 6.45) is 0. The van der Waals surface area contributed by atoms with E-state index in [0.29, 0.717) is 16.8 Å². The number of hydrogen-bond acceptors (Lipinski definition) is 3. The molecule has 0 aliphatic rings. The fraction of sp³-hybridized carbons (Fsp3) is 0.250. The molecule has 21 heavy (non-hydrogen) atoms. The molecule has 0 fully saturated rings. The Kier molecular flexibility index (Phi) is 4.34. The van der Waals surface area contributed by atoms with Gasteiger partial charge in [0, 0.05) is 0 Å². The summed E-state index contributed by atoms with van der Waals surface area (Å²) < 4.78 is 27.7. The minimum atomic E-state index is -3.68. The molecule has 0 aliphatic carbocycles. The number of anilines is 1. The summed E-state index contributed by atoms with van der Waals surface area (Å²) >= 11 is 0. The molecule has 0 aromatic heterocycles. The number of hydrogen-bond donors (Lipinski definition) is 2. The Bertz CT molecular complexity index is 767. The third kappa shape index (κ3) is 3.43. The molecule has 0 amide bonds. The smallest absolute Gasteiger partial charge is 0.262 e. The van der Waals surface area contributed by atoms with Crippen LogP contribution in [-0.2, 0) is 16.6 Å². The highest BCUT2D eigenvalue weighted by atomic mass is 32.2. The number of aryl methyl sites for hydroxylation is 3. The van der Waals surface area contributed by atoms with Crippen LogP contribution in [0.5, 0.6) is 0 Å². The molecule has 0 bridgehead atoms. The molecule has 0 saturated heterocycles. The molecule has 112 valence electrons. The molecule has 2 aromatic carbocycles.